The lowest BCUT2D eigenvalue weighted by atomic mass is 9.97. The molecule has 0 unspecified atom stereocenters. The maximum Gasteiger partial charge on any atom is 0.136 e. The van der Waals surface area contributed by atoms with Gasteiger partial charge in [-0.1, -0.05) is 151 Å². The van der Waals surface area contributed by atoms with Gasteiger partial charge in [0.05, 0.1) is 20.8 Å². The van der Waals surface area contributed by atoms with Crippen LogP contribution >= 0.6 is 0 Å². The van der Waals surface area contributed by atoms with E-state index in [0.29, 0.717) is 22.5 Å². The van der Waals surface area contributed by atoms with Gasteiger partial charge in [-0.05, 0) is 97.8 Å². The predicted octanol–water partition coefficient (Wildman–Crippen LogP) is 14.4. The van der Waals surface area contributed by atoms with E-state index in [1.165, 1.54) is 0 Å². The van der Waals surface area contributed by atoms with E-state index in [-0.39, 0.29) is 57.8 Å². The van der Waals surface area contributed by atoms with E-state index in [1.54, 1.807) is 29.2 Å². The summed E-state index contributed by atoms with van der Waals surface area (Å²) in [4.78, 5) is 1.67. The molecule has 0 spiro atoms. The van der Waals surface area contributed by atoms with Gasteiger partial charge in [0.15, 0.2) is 0 Å². The lowest BCUT2D eigenvalue weighted by Gasteiger charge is -2.28. The molecule has 0 fully saturated rings. The van der Waals surface area contributed by atoms with Crippen molar-refractivity contribution in [2.75, 3.05) is 4.90 Å². The number of hydrogen-bond donors (Lipinski definition) is 0. The average molecular weight is 675 g/mol. The van der Waals surface area contributed by atoms with Crippen LogP contribution in [-0.4, -0.2) is 0 Å². The summed E-state index contributed by atoms with van der Waals surface area (Å²) in [5.74, 6) is 0. The molecule has 0 radical (unpaired) electrons. The Labute approximate surface area is 317 Å². The van der Waals surface area contributed by atoms with Gasteiger partial charge in [0.2, 0.25) is 0 Å². The zero-order chi connectivity index (χ0) is 44.0. The first-order chi connectivity index (χ1) is 30.4. The van der Waals surface area contributed by atoms with E-state index in [9.17, 15) is 5.48 Å². The van der Waals surface area contributed by atoms with Crippen molar-refractivity contribution in [3.8, 4) is 33.4 Å². The first-order valence-electron chi connectivity index (χ1n) is 22.4. The second-order valence-corrected chi connectivity index (χ2v) is 12.5. The van der Waals surface area contributed by atoms with Gasteiger partial charge in [0.1, 0.15) is 11.2 Å². The Kier molecular flexibility index (Phi) is 4.96. The smallest absolute Gasteiger partial charge is 0.136 e. The van der Waals surface area contributed by atoms with Crippen LogP contribution in [0.2, 0.25) is 0 Å². The fraction of sp³-hybridized carbons (Fsp3) is 0. The number of rotatable bonds is 6. The molecule has 0 atom stereocenters. The zero-order valence-electron chi connectivity index (χ0n) is 38.6. The van der Waals surface area contributed by atoms with E-state index in [4.69, 9.17) is 14.0 Å². The Morgan fingerprint density at radius 3 is 2.02 bits per heavy atom. The number of fused-ring (bicyclic) bond motifs is 6. The molecule has 10 rings (SSSR count). The van der Waals surface area contributed by atoms with Crippen molar-refractivity contribution in [2.45, 2.75) is 0 Å². The van der Waals surface area contributed by atoms with E-state index in [1.807, 2.05) is 109 Å². The van der Waals surface area contributed by atoms with E-state index >= 15 is 0 Å². The number of anilines is 3. The van der Waals surface area contributed by atoms with E-state index in [2.05, 4.69) is 0 Å². The summed E-state index contributed by atoms with van der Waals surface area (Å²) in [6.45, 7) is 0. The second kappa shape index (κ2) is 12.5. The number of hydrogen-bond acceptors (Lipinski definition) is 2. The van der Waals surface area contributed by atoms with Crippen LogP contribution in [0.3, 0.4) is 0 Å². The van der Waals surface area contributed by atoms with Crippen LogP contribution < -0.4 is 4.90 Å². The molecular weight excluding hydrogens is 631 g/mol. The van der Waals surface area contributed by atoms with Crippen molar-refractivity contribution in [1.29, 1.82) is 0 Å². The SMILES string of the molecule is [2H]c1c([2H])c(N(c2ccc(-c3c([2H])c([2H])c([2H])c4c([2H])c([2H])c([2H])c([2H])c34)cc2)c2ccccc2-c2ccccc2)c([2H])c([2H])c1-c1ccc2c(ccc3oc4ccccc4c32)c1. The topological polar surface area (TPSA) is 16.4 Å². The number of para-hydroxylation sites is 2. The van der Waals surface area contributed by atoms with Crippen molar-refractivity contribution >= 4 is 60.5 Å². The fourth-order valence-electron chi connectivity index (χ4n) is 7.00. The zero-order valence-corrected chi connectivity index (χ0v) is 27.6. The number of furan rings is 1. The predicted molar refractivity (Wildman–Crippen MR) is 220 cm³/mol. The molecule has 0 N–H and O–H groups in total. The minimum Gasteiger partial charge on any atom is -0.456 e. The lowest BCUT2D eigenvalue weighted by molar-refractivity contribution is 0.669. The number of nitrogens with zero attached hydrogens (tertiary/aromatic N) is 1. The highest BCUT2D eigenvalue weighted by atomic mass is 16.3. The second-order valence-electron chi connectivity index (χ2n) is 12.5. The summed E-state index contributed by atoms with van der Waals surface area (Å²) in [6.07, 6.45) is 0. The molecule has 0 aliphatic rings. The summed E-state index contributed by atoms with van der Waals surface area (Å²) >= 11 is 0. The first-order valence-corrected chi connectivity index (χ1v) is 16.9. The van der Waals surface area contributed by atoms with Gasteiger partial charge in [-0.15, -0.1) is 0 Å². The third kappa shape index (κ3) is 5.12. The van der Waals surface area contributed by atoms with Crippen LogP contribution in [0.1, 0.15) is 15.1 Å². The maximum absolute atomic E-state index is 9.61. The van der Waals surface area contributed by atoms with Crippen molar-refractivity contribution < 1.29 is 19.5 Å². The van der Waals surface area contributed by atoms with Crippen LogP contribution in [0.5, 0.6) is 0 Å². The molecule has 0 aliphatic carbocycles. The molecule has 0 bridgehead atoms. The van der Waals surface area contributed by atoms with E-state index < -0.39 is 36.3 Å². The third-order valence-corrected chi connectivity index (χ3v) is 9.44. The van der Waals surface area contributed by atoms with Gasteiger partial charge in [0.25, 0.3) is 0 Å². The lowest BCUT2D eigenvalue weighted by Crippen LogP contribution is -2.11. The molecule has 244 valence electrons. The first kappa shape index (κ1) is 20.7. The van der Waals surface area contributed by atoms with Gasteiger partial charge in [-0.25, -0.2) is 0 Å². The van der Waals surface area contributed by atoms with Crippen LogP contribution in [0, 0.1) is 0 Å². The summed E-state index contributed by atoms with van der Waals surface area (Å²) in [6, 6.07) is 36.6. The quantitative estimate of drug-likeness (QED) is 0.175. The molecule has 0 saturated carbocycles. The Balaban J connectivity index is 1.17. The molecule has 1 heterocycles. The van der Waals surface area contributed by atoms with Gasteiger partial charge in [-0.3, -0.25) is 0 Å². The fourth-order valence-corrected chi connectivity index (χ4v) is 7.00. The molecule has 52 heavy (non-hydrogen) atoms. The number of benzene rings is 9. The van der Waals surface area contributed by atoms with Crippen LogP contribution in [-0.2, 0) is 0 Å². The van der Waals surface area contributed by atoms with Gasteiger partial charge in [0, 0.05) is 27.7 Å². The molecular formula is C50H33NO. The molecule has 0 saturated heterocycles. The maximum atomic E-state index is 9.61. The summed E-state index contributed by atoms with van der Waals surface area (Å²) in [5, 5.41) is 3.50. The Morgan fingerprint density at radius 1 is 0.404 bits per heavy atom. The monoisotopic (exact) mass is 674 g/mol. The molecule has 10 aromatic rings. The summed E-state index contributed by atoms with van der Waals surface area (Å²) in [5.41, 5.74) is 5.13. The van der Waals surface area contributed by atoms with Crippen LogP contribution in [0.15, 0.2) is 204 Å². The highest BCUT2D eigenvalue weighted by Crippen LogP contribution is 2.43. The van der Waals surface area contributed by atoms with Crippen molar-refractivity contribution in [2.24, 2.45) is 0 Å². The molecule has 1 aromatic heterocycles. The van der Waals surface area contributed by atoms with Crippen molar-refractivity contribution in [1.82, 2.24) is 0 Å². The largest absolute Gasteiger partial charge is 0.456 e. The summed E-state index contributed by atoms with van der Waals surface area (Å²) in [7, 11) is 0. The van der Waals surface area contributed by atoms with Crippen LogP contribution in [0.4, 0.5) is 17.1 Å². The van der Waals surface area contributed by atoms with Gasteiger partial charge in [-0.2, -0.15) is 0 Å². The Morgan fingerprint density at radius 2 is 1.13 bits per heavy atom. The minimum absolute atomic E-state index is 0.00926. The summed E-state index contributed by atoms with van der Waals surface area (Å²) < 4.78 is 104. The molecule has 9 aromatic carbocycles. The van der Waals surface area contributed by atoms with Gasteiger partial charge < -0.3 is 9.32 Å². The van der Waals surface area contributed by atoms with Crippen molar-refractivity contribution in [3.63, 3.8) is 0 Å². The van der Waals surface area contributed by atoms with Gasteiger partial charge >= 0.3 is 0 Å². The highest BCUT2D eigenvalue weighted by molar-refractivity contribution is 6.19. The average Bonchev–Trinajstić information content (AvgIpc) is 3.70. The normalized spacial score (nSPS) is 14.4. The Hall–Kier alpha value is -6.90. The standard InChI is InChI=1S/C50H33NO/c1-2-11-36(12-3-1)44-16-6-8-19-47(44)51(41-29-23-37(24-30-41)43-18-10-14-35-13-4-5-15-42(35)43)40-27-21-34(22-28-40)38-25-31-45-39(33-38)26-32-49-50(45)46-17-7-9-20-48(46)52-49/h1-33H/i4D,5D,10D,13D,14D,15D,18D,21D,22D,27D,28D. The molecule has 2 nitrogen and oxygen atoms in total. The van der Waals surface area contributed by atoms with Crippen molar-refractivity contribution in [3.05, 3.63) is 200 Å². The molecule has 0 aliphatic heterocycles. The molecule has 0 amide bonds. The third-order valence-electron chi connectivity index (χ3n) is 9.44. The minimum atomic E-state index is -0.539. The Bertz CT molecular complexity index is 3500. The highest BCUT2D eigenvalue weighted by Gasteiger charge is 2.18. The molecule has 2 heteroatoms. The van der Waals surface area contributed by atoms with Crippen LogP contribution in [0.25, 0.3) is 76.9 Å². The van der Waals surface area contributed by atoms with E-state index in [0.717, 1.165) is 43.8 Å².